The average Bonchev–Trinajstić information content (AvgIpc) is 2.65. The Morgan fingerprint density at radius 1 is 1.25 bits per heavy atom. The van der Waals surface area contributed by atoms with Crippen molar-refractivity contribution in [2.45, 2.75) is 65.2 Å². The van der Waals surface area contributed by atoms with Crippen molar-refractivity contribution in [1.82, 2.24) is 5.32 Å². The van der Waals surface area contributed by atoms with E-state index < -0.39 is 17.9 Å². The molecule has 0 radical (unpaired) electrons. The topological polar surface area (TPSA) is 29.1 Å². The van der Waals surface area contributed by atoms with Gasteiger partial charge in [0.05, 0.1) is 12.0 Å². The molecule has 1 amide bonds. The highest BCUT2D eigenvalue weighted by molar-refractivity contribution is 5.92. The highest BCUT2D eigenvalue weighted by atomic mass is 19.3. The lowest BCUT2D eigenvalue weighted by molar-refractivity contribution is -0.127. The van der Waals surface area contributed by atoms with Crippen molar-refractivity contribution in [2.24, 2.45) is 0 Å². The van der Waals surface area contributed by atoms with Crippen LogP contribution < -0.4 is 5.32 Å². The van der Waals surface area contributed by atoms with Crippen LogP contribution in [0.25, 0.3) is 0 Å². The maximum Gasteiger partial charge on any atom is 0.262 e. The van der Waals surface area contributed by atoms with Gasteiger partial charge in [0, 0.05) is 6.92 Å². The Labute approximate surface area is 168 Å². The number of amides is 1. The molecule has 1 atom stereocenters. The summed E-state index contributed by atoms with van der Waals surface area (Å²) in [6.45, 7) is 11.7. The molecule has 0 aromatic heterocycles. The molecule has 1 N–H and O–H groups in total. The second-order valence-corrected chi connectivity index (χ2v) is 7.48. The number of nitrogens with one attached hydrogen (secondary N) is 1. The molecule has 0 aliphatic carbocycles. The lowest BCUT2D eigenvalue weighted by Crippen LogP contribution is -2.49. The van der Waals surface area contributed by atoms with E-state index in [1.807, 2.05) is 57.2 Å². The fourth-order valence-electron chi connectivity index (χ4n) is 3.48. The first-order valence-corrected chi connectivity index (χ1v) is 9.79. The molecule has 0 aliphatic heterocycles. The summed E-state index contributed by atoms with van der Waals surface area (Å²) in [7, 11) is 0. The van der Waals surface area contributed by atoms with E-state index in [1.54, 1.807) is 6.08 Å². The molecule has 2 nitrogen and oxygen atoms in total. The number of unbranched alkanes of at least 4 members (excludes halogenated alkanes) is 1. The van der Waals surface area contributed by atoms with E-state index in [4.69, 9.17) is 0 Å². The number of hydrogen-bond donors (Lipinski definition) is 1. The molecule has 4 heteroatoms. The lowest BCUT2D eigenvalue weighted by Gasteiger charge is -2.37. The van der Waals surface area contributed by atoms with Crippen LogP contribution in [0.4, 0.5) is 8.78 Å². The summed E-state index contributed by atoms with van der Waals surface area (Å²) in [4.78, 5) is 13.5. The Bertz CT molecular complexity index is 743. The van der Waals surface area contributed by atoms with E-state index in [2.05, 4.69) is 18.8 Å². The van der Waals surface area contributed by atoms with Gasteiger partial charge in [0.2, 0.25) is 5.91 Å². The SMILES string of the molecule is C=C/C=C\C(C)=C(/C)C(CCCC)(C(=O)NCC(C)(F)F)c1ccccc1C. The number of alkyl halides is 2. The minimum Gasteiger partial charge on any atom is -0.349 e. The van der Waals surface area contributed by atoms with Crippen LogP contribution >= 0.6 is 0 Å². The maximum absolute atomic E-state index is 13.5. The van der Waals surface area contributed by atoms with Crippen molar-refractivity contribution in [2.75, 3.05) is 6.54 Å². The standard InChI is InChI=1S/C24H33F2NO/c1-7-9-13-18(3)20(5)24(16-10-8-2,21-15-12-11-14-19(21)4)22(28)27-17-23(6,25)26/h7,9,11-15H,1,8,10,16-17H2,2-6H3,(H,27,28)/b13-9-,20-18+. The van der Waals surface area contributed by atoms with Gasteiger partial charge in [-0.05, 0) is 38.3 Å². The number of rotatable bonds is 10. The molecule has 1 unspecified atom stereocenters. The Balaban J connectivity index is 3.68. The first kappa shape index (κ1) is 23.8. The lowest BCUT2D eigenvalue weighted by atomic mass is 9.67. The number of carbonyl (C=O) groups is 1. The predicted octanol–water partition coefficient (Wildman–Crippen LogP) is 6.27. The zero-order chi connectivity index (χ0) is 21.4. The minimum atomic E-state index is -2.96. The van der Waals surface area contributed by atoms with Crippen LogP contribution in [0, 0.1) is 6.92 Å². The molecule has 154 valence electrons. The van der Waals surface area contributed by atoms with Crippen LogP contribution in [0.3, 0.4) is 0 Å². The molecule has 0 fully saturated rings. The van der Waals surface area contributed by atoms with Gasteiger partial charge < -0.3 is 5.32 Å². The van der Waals surface area contributed by atoms with Gasteiger partial charge in [-0.3, -0.25) is 4.79 Å². The van der Waals surface area contributed by atoms with Gasteiger partial charge in [-0.2, -0.15) is 0 Å². The smallest absolute Gasteiger partial charge is 0.262 e. The molecular weight excluding hydrogens is 356 g/mol. The first-order chi connectivity index (χ1) is 13.1. The third kappa shape index (κ3) is 5.88. The summed E-state index contributed by atoms with van der Waals surface area (Å²) >= 11 is 0. The van der Waals surface area contributed by atoms with Crippen LogP contribution in [-0.4, -0.2) is 18.4 Å². The van der Waals surface area contributed by atoms with Gasteiger partial charge in [0.15, 0.2) is 0 Å². The van der Waals surface area contributed by atoms with Gasteiger partial charge >= 0.3 is 0 Å². The largest absolute Gasteiger partial charge is 0.349 e. The molecule has 28 heavy (non-hydrogen) atoms. The third-order valence-corrected chi connectivity index (χ3v) is 5.17. The molecule has 0 spiro atoms. The van der Waals surface area contributed by atoms with Crippen molar-refractivity contribution in [3.8, 4) is 0 Å². The molecular formula is C24H33F2NO. The van der Waals surface area contributed by atoms with Gasteiger partial charge in [0.25, 0.3) is 5.92 Å². The number of allylic oxidation sites excluding steroid dienone is 4. The van der Waals surface area contributed by atoms with E-state index in [0.29, 0.717) is 6.42 Å². The fourth-order valence-corrected chi connectivity index (χ4v) is 3.48. The van der Waals surface area contributed by atoms with E-state index in [9.17, 15) is 13.6 Å². The van der Waals surface area contributed by atoms with Crippen molar-refractivity contribution in [3.63, 3.8) is 0 Å². The Kier molecular flexibility index (Phi) is 8.80. The monoisotopic (exact) mass is 389 g/mol. The van der Waals surface area contributed by atoms with Crippen LogP contribution in [0.15, 0.2) is 60.2 Å². The molecule has 0 aliphatic rings. The van der Waals surface area contributed by atoms with Crippen LogP contribution in [0.5, 0.6) is 0 Å². The van der Waals surface area contributed by atoms with Crippen LogP contribution in [-0.2, 0) is 10.2 Å². The number of benzene rings is 1. The van der Waals surface area contributed by atoms with Gasteiger partial charge in [-0.15, -0.1) is 0 Å². The van der Waals surface area contributed by atoms with Crippen molar-refractivity contribution < 1.29 is 13.6 Å². The van der Waals surface area contributed by atoms with Gasteiger partial charge in [-0.1, -0.05) is 80.0 Å². The van der Waals surface area contributed by atoms with Crippen molar-refractivity contribution >= 4 is 5.91 Å². The molecule has 1 aromatic carbocycles. The summed E-state index contributed by atoms with van der Waals surface area (Å²) in [5.41, 5.74) is 2.63. The average molecular weight is 390 g/mol. The normalized spacial score (nSPS) is 15.1. The van der Waals surface area contributed by atoms with Crippen LogP contribution in [0.1, 0.15) is 58.1 Å². The summed E-state index contributed by atoms with van der Waals surface area (Å²) < 4.78 is 27.0. The number of carbonyl (C=O) groups excluding carboxylic acids is 1. The van der Waals surface area contributed by atoms with Gasteiger partial charge in [0.1, 0.15) is 0 Å². The Morgan fingerprint density at radius 2 is 1.89 bits per heavy atom. The highest BCUT2D eigenvalue weighted by Crippen LogP contribution is 2.41. The number of aryl methyl sites for hydroxylation is 1. The molecule has 1 aromatic rings. The second kappa shape index (κ2) is 10.4. The quantitative estimate of drug-likeness (QED) is 0.469. The summed E-state index contributed by atoms with van der Waals surface area (Å²) in [5.74, 6) is -3.34. The van der Waals surface area contributed by atoms with E-state index >= 15 is 0 Å². The number of halogens is 2. The molecule has 0 saturated carbocycles. The minimum absolute atomic E-state index is 0.374. The summed E-state index contributed by atoms with van der Waals surface area (Å²) in [5, 5.41) is 2.52. The summed E-state index contributed by atoms with van der Waals surface area (Å²) in [6, 6.07) is 7.71. The molecule has 1 rings (SSSR count). The van der Waals surface area contributed by atoms with E-state index in [1.165, 1.54) is 0 Å². The predicted molar refractivity (Wildman–Crippen MR) is 114 cm³/mol. The maximum atomic E-state index is 13.5. The van der Waals surface area contributed by atoms with Gasteiger partial charge in [-0.25, -0.2) is 8.78 Å². The van der Waals surface area contributed by atoms with E-state index in [0.717, 1.165) is 42.0 Å². The second-order valence-electron chi connectivity index (χ2n) is 7.48. The molecule has 0 bridgehead atoms. The van der Waals surface area contributed by atoms with Crippen LogP contribution in [0.2, 0.25) is 0 Å². The van der Waals surface area contributed by atoms with Crippen molar-refractivity contribution in [3.05, 3.63) is 71.3 Å². The first-order valence-electron chi connectivity index (χ1n) is 9.79. The van der Waals surface area contributed by atoms with Crippen molar-refractivity contribution in [1.29, 1.82) is 0 Å². The zero-order valence-electron chi connectivity index (χ0n) is 17.7. The Morgan fingerprint density at radius 3 is 2.43 bits per heavy atom. The zero-order valence-corrected chi connectivity index (χ0v) is 17.7. The highest BCUT2D eigenvalue weighted by Gasteiger charge is 2.43. The Hall–Kier alpha value is -2.23. The fraction of sp³-hybridized carbons (Fsp3) is 0.458. The third-order valence-electron chi connectivity index (χ3n) is 5.17. The van der Waals surface area contributed by atoms with E-state index in [-0.39, 0.29) is 5.91 Å². The number of hydrogen-bond acceptors (Lipinski definition) is 1. The summed E-state index contributed by atoms with van der Waals surface area (Å²) in [6.07, 6.45) is 7.67. The molecule has 0 saturated heterocycles. The molecule has 0 heterocycles.